The van der Waals surface area contributed by atoms with E-state index in [2.05, 4.69) is 55.4 Å². The maximum absolute atomic E-state index is 6.27. The zero-order chi connectivity index (χ0) is 27.1. The third-order valence-electron chi connectivity index (χ3n) is 4.67. The van der Waals surface area contributed by atoms with Crippen molar-refractivity contribution in [3.05, 3.63) is 0 Å². The molecule has 0 saturated heterocycles. The first-order chi connectivity index (χ1) is 17.4. The molecule has 2 unspecified atom stereocenters. The standard InChI is InChI=1S/C24H54O6S4Si2/c1-9-15-25-35(26-16-10-2,27-17-11-3)21-23(7)31-33-34-32-24(8)22-36(28-18-12-4,29-19-13-5)30-20-14-6/h23-24H,9-22H2,1-8H3. The zero-order valence-electron chi connectivity index (χ0n) is 24.1. The van der Waals surface area contributed by atoms with Gasteiger partial charge in [0.25, 0.3) is 0 Å². The van der Waals surface area contributed by atoms with Crippen LogP contribution in [0.2, 0.25) is 12.1 Å². The lowest BCUT2D eigenvalue weighted by Crippen LogP contribution is -2.48. The van der Waals surface area contributed by atoms with Gasteiger partial charge in [0.05, 0.1) is 0 Å². The van der Waals surface area contributed by atoms with Crippen molar-refractivity contribution in [1.82, 2.24) is 0 Å². The summed E-state index contributed by atoms with van der Waals surface area (Å²) >= 11 is 0. The van der Waals surface area contributed by atoms with E-state index in [4.69, 9.17) is 26.6 Å². The number of rotatable bonds is 27. The van der Waals surface area contributed by atoms with Crippen molar-refractivity contribution in [2.75, 3.05) is 39.6 Å². The van der Waals surface area contributed by atoms with Gasteiger partial charge < -0.3 is 26.6 Å². The van der Waals surface area contributed by atoms with Gasteiger partial charge in [0, 0.05) is 62.2 Å². The molecule has 0 aliphatic rings. The van der Waals surface area contributed by atoms with Crippen molar-refractivity contribution in [2.45, 2.75) is 117 Å². The molecule has 0 rings (SSSR count). The number of hydrogen-bond donors (Lipinski definition) is 0. The summed E-state index contributed by atoms with van der Waals surface area (Å²) in [5.41, 5.74) is 0. The third-order valence-corrected chi connectivity index (χ3v) is 18.6. The van der Waals surface area contributed by atoms with Crippen LogP contribution in [-0.4, -0.2) is 67.8 Å². The molecular formula is C24H54O6S4Si2. The van der Waals surface area contributed by atoms with Gasteiger partial charge in [-0.05, 0) is 58.2 Å². The highest BCUT2D eigenvalue weighted by molar-refractivity contribution is 9.26. The summed E-state index contributed by atoms with van der Waals surface area (Å²) in [7, 11) is 2.07. The fourth-order valence-corrected chi connectivity index (χ4v) is 17.8. The Balaban J connectivity index is 4.85. The van der Waals surface area contributed by atoms with Crippen LogP contribution in [0.5, 0.6) is 0 Å². The van der Waals surface area contributed by atoms with Gasteiger partial charge in [-0.25, -0.2) is 0 Å². The fourth-order valence-electron chi connectivity index (χ4n) is 3.09. The maximum Gasteiger partial charge on any atom is 0.502 e. The van der Waals surface area contributed by atoms with Gasteiger partial charge in [0.2, 0.25) is 0 Å². The summed E-state index contributed by atoms with van der Waals surface area (Å²) in [6, 6.07) is 1.67. The average molecular weight is 623 g/mol. The van der Waals surface area contributed by atoms with Gasteiger partial charge in [-0.2, -0.15) is 0 Å². The summed E-state index contributed by atoms with van der Waals surface area (Å²) in [6.45, 7) is 21.5. The molecule has 0 saturated carbocycles. The molecule has 0 aliphatic carbocycles. The van der Waals surface area contributed by atoms with E-state index in [1.165, 1.54) is 0 Å². The van der Waals surface area contributed by atoms with Crippen molar-refractivity contribution in [1.29, 1.82) is 0 Å². The Kier molecular flexibility index (Phi) is 25.5. The Bertz CT molecular complexity index is 414. The quantitative estimate of drug-likeness (QED) is 0.0504. The zero-order valence-corrected chi connectivity index (χ0v) is 29.4. The Morgan fingerprint density at radius 3 is 0.861 bits per heavy atom. The lowest BCUT2D eigenvalue weighted by atomic mass is 10.5. The van der Waals surface area contributed by atoms with Crippen LogP contribution in [0, 0.1) is 0 Å². The van der Waals surface area contributed by atoms with E-state index in [1.54, 1.807) is 0 Å². The SMILES string of the molecule is CCCO[Si](CC(C)SSSSC(C)C[Si](OCCC)(OCCC)OCCC)(OCCC)OCCC. The highest BCUT2D eigenvalue weighted by atomic mass is 33.7. The summed E-state index contributed by atoms with van der Waals surface area (Å²) in [5, 5.41) is 0.746. The summed E-state index contributed by atoms with van der Waals surface area (Å²) in [5.74, 6) is 0. The van der Waals surface area contributed by atoms with Crippen LogP contribution in [0.4, 0.5) is 0 Å². The molecule has 6 nitrogen and oxygen atoms in total. The van der Waals surface area contributed by atoms with E-state index in [1.807, 2.05) is 41.2 Å². The van der Waals surface area contributed by atoms with Crippen LogP contribution in [0.25, 0.3) is 0 Å². The van der Waals surface area contributed by atoms with Crippen LogP contribution in [0.3, 0.4) is 0 Å². The predicted molar refractivity (Wildman–Crippen MR) is 168 cm³/mol. The van der Waals surface area contributed by atoms with E-state index >= 15 is 0 Å². The van der Waals surface area contributed by atoms with Crippen LogP contribution in [-0.2, 0) is 26.6 Å². The molecule has 36 heavy (non-hydrogen) atoms. The highest BCUT2D eigenvalue weighted by Crippen LogP contribution is 2.49. The Morgan fingerprint density at radius 2 is 0.667 bits per heavy atom. The van der Waals surface area contributed by atoms with Gasteiger partial charge >= 0.3 is 17.6 Å². The second kappa shape index (κ2) is 24.4. The minimum Gasteiger partial charge on any atom is -0.373 e. The lowest BCUT2D eigenvalue weighted by molar-refractivity contribution is 0.0588. The minimum atomic E-state index is -2.67. The first-order valence-electron chi connectivity index (χ1n) is 13.8. The second-order valence-electron chi connectivity index (χ2n) is 8.81. The van der Waals surface area contributed by atoms with Crippen LogP contribution in [0.15, 0.2) is 0 Å². The van der Waals surface area contributed by atoms with Crippen LogP contribution < -0.4 is 0 Å². The van der Waals surface area contributed by atoms with Gasteiger partial charge in [0.15, 0.2) is 0 Å². The van der Waals surface area contributed by atoms with Gasteiger partial charge in [-0.3, -0.25) is 0 Å². The molecule has 12 heteroatoms. The van der Waals surface area contributed by atoms with Crippen LogP contribution in [0.1, 0.15) is 93.9 Å². The predicted octanol–water partition coefficient (Wildman–Crippen LogP) is 8.88. The molecule has 0 fully saturated rings. The molecule has 218 valence electrons. The minimum absolute atomic E-state index is 0.373. The van der Waals surface area contributed by atoms with Gasteiger partial charge in [-0.1, -0.05) is 77.0 Å². The first kappa shape index (κ1) is 37.6. The molecule has 0 bridgehead atoms. The monoisotopic (exact) mass is 622 g/mol. The molecule has 0 N–H and O–H groups in total. The summed E-state index contributed by atoms with van der Waals surface area (Å²) < 4.78 is 37.6. The highest BCUT2D eigenvalue weighted by Gasteiger charge is 2.44. The Labute approximate surface area is 240 Å². The van der Waals surface area contributed by atoms with Crippen molar-refractivity contribution in [2.24, 2.45) is 0 Å². The third kappa shape index (κ3) is 18.0. The van der Waals surface area contributed by atoms with Crippen molar-refractivity contribution in [3.63, 3.8) is 0 Å². The topological polar surface area (TPSA) is 55.4 Å². The molecule has 0 radical (unpaired) electrons. The van der Waals surface area contributed by atoms with E-state index in [0.29, 0.717) is 50.1 Å². The molecule has 0 aromatic rings. The fraction of sp³-hybridized carbons (Fsp3) is 1.00. The summed E-state index contributed by atoms with van der Waals surface area (Å²) in [4.78, 5) is 0. The van der Waals surface area contributed by atoms with Gasteiger partial charge in [-0.15, -0.1) is 0 Å². The van der Waals surface area contributed by atoms with Crippen molar-refractivity contribution < 1.29 is 26.6 Å². The van der Waals surface area contributed by atoms with Crippen molar-refractivity contribution in [3.8, 4) is 0 Å². The van der Waals surface area contributed by atoms with E-state index < -0.39 is 17.6 Å². The normalized spacial score (nSPS) is 14.3. The largest absolute Gasteiger partial charge is 0.502 e. The summed E-state index contributed by atoms with van der Waals surface area (Å²) in [6.07, 6.45) is 5.82. The van der Waals surface area contributed by atoms with Gasteiger partial charge in [0.1, 0.15) is 0 Å². The lowest BCUT2D eigenvalue weighted by Gasteiger charge is -2.31. The molecule has 0 aromatic heterocycles. The maximum atomic E-state index is 6.27. The van der Waals surface area contributed by atoms with E-state index in [9.17, 15) is 0 Å². The first-order valence-corrected chi connectivity index (χ1v) is 22.7. The van der Waals surface area contributed by atoms with E-state index in [0.717, 1.165) is 50.6 Å². The average Bonchev–Trinajstić information content (AvgIpc) is 2.88. The number of hydrogen-bond acceptors (Lipinski definition) is 10. The molecule has 0 heterocycles. The van der Waals surface area contributed by atoms with E-state index in [-0.39, 0.29) is 0 Å². The second-order valence-corrected chi connectivity index (χ2v) is 20.8. The van der Waals surface area contributed by atoms with Crippen LogP contribution >= 0.6 is 41.2 Å². The Hall–Kier alpha value is 1.59. The Morgan fingerprint density at radius 1 is 0.444 bits per heavy atom. The molecule has 0 aliphatic heterocycles. The molecule has 0 spiro atoms. The smallest absolute Gasteiger partial charge is 0.373 e. The molecule has 0 amide bonds. The molecule has 0 aromatic carbocycles. The van der Waals surface area contributed by atoms with Crippen molar-refractivity contribution >= 4 is 58.8 Å². The molecule has 2 atom stereocenters. The molecular weight excluding hydrogens is 569 g/mol.